The minimum Gasteiger partial charge on any atom is -0.378 e. The molecule has 1 aromatic heterocycles. The van der Waals surface area contributed by atoms with E-state index in [0.717, 1.165) is 11.6 Å². The van der Waals surface area contributed by atoms with Gasteiger partial charge in [0.1, 0.15) is 0 Å². The summed E-state index contributed by atoms with van der Waals surface area (Å²) in [6.07, 6.45) is 4.19. The zero-order valence-corrected chi connectivity index (χ0v) is 8.50. The number of rotatable bonds is 3. The Morgan fingerprint density at radius 2 is 2.29 bits per heavy atom. The van der Waals surface area contributed by atoms with Crippen molar-refractivity contribution in [1.82, 2.24) is 10.2 Å². The van der Waals surface area contributed by atoms with Crippen molar-refractivity contribution in [2.45, 2.75) is 32.2 Å². The lowest BCUT2D eigenvalue weighted by atomic mass is 9.98. The summed E-state index contributed by atoms with van der Waals surface area (Å²) in [5.74, 6) is 0.724. The Balaban J connectivity index is 2.13. The Morgan fingerprint density at radius 3 is 2.86 bits per heavy atom. The summed E-state index contributed by atoms with van der Waals surface area (Å²) in [5, 5.41) is 9.44. The summed E-state index contributed by atoms with van der Waals surface area (Å²) in [4.78, 5) is 11.0. The molecule has 4 heteroatoms. The van der Waals surface area contributed by atoms with E-state index in [9.17, 15) is 4.79 Å². The molecule has 4 nitrogen and oxygen atoms in total. The lowest BCUT2D eigenvalue weighted by Crippen LogP contribution is -2.33. The fourth-order valence-corrected chi connectivity index (χ4v) is 1.72. The number of nitrogens with zero attached hydrogens (tertiary/aromatic N) is 1. The molecule has 0 bridgehead atoms. The molecule has 1 fully saturated rings. The summed E-state index contributed by atoms with van der Waals surface area (Å²) < 4.78 is 0. The van der Waals surface area contributed by atoms with E-state index in [4.69, 9.17) is 0 Å². The molecule has 1 aliphatic rings. The van der Waals surface area contributed by atoms with Gasteiger partial charge < -0.3 is 5.32 Å². The van der Waals surface area contributed by atoms with E-state index in [1.165, 1.54) is 18.9 Å². The maximum absolute atomic E-state index is 11.0. The highest BCUT2D eigenvalue weighted by atomic mass is 16.1. The molecule has 1 saturated carbocycles. The van der Waals surface area contributed by atoms with Crippen molar-refractivity contribution in [2.24, 2.45) is 5.92 Å². The van der Waals surface area contributed by atoms with Gasteiger partial charge in [0.2, 0.25) is 0 Å². The molecule has 2 N–H and O–H groups in total. The average molecular weight is 193 g/mol. The second kappa shape index (κ2) is 3.12. The van der Waals surface area contributed by atoms with Crippen molar-refractivity contribution >= 4 is 5.69 Å². The highest BCUT2D eigenvalue weighted by molar-refractivity contribution is 5.42. The zero-order chi connectivity index (χ0) is 10.2. The van der Waals surface area contributed by atoms with E-state index in [2.05, 4.69) is 29.4 Å². The van der Waals surface area contributed by atoms with Crippen LogP contribution in [0.25, 0.3) is 0 Å². The van der Waals surface area contributed by atoms with Crippen LogP contribution in [0.5, 0.6) is 0 Å². The highest BCUT2D eigenvalue weighted by Crippen LogP contribution is 2.40. The monoisotopic (exact) mass is 193 g/mol. The first-order valence-electron chi connectivity index (χ1n) is 4.91. The van der Waals surface area contributed by atoms with Crippen molar-refractivity contribution in [3.63, 3.8) is 0 Å². The Bertz CT molecular complexity index is 379. The summed E-state index contributed by atoms with van der Waals surface area (Å²) in [5.41, 5.74) is 0.697. The van der Waals surface area contributed by atoms with Gasteiger partial charge in [-0.05, 0) is 32.6 Å². The lowest BCUT2D eigenvalue weighted by Gasteiger charge is -2.27. The molecule has 0 aliphatic heterocycles. The quantitative estimate of drug-likeness (QED) is 0.762. The van der Waals surface area contributed by atoms with Crippen LogP contribution in [0.15, 0.2) is 17.1 Å². The highest BCUT2D eigenvalue weighted by Gasteiger charge is 2.37. The normalized spacial score (nSPS) is 16.7. The summed E-state index contributed by atoms with van der Waals surface area (Å²) in [6.45, 7) is 4.32. The van der Waals surface area contributed by atoms with Gasteiger partial charge in [-0.1, -0.05) is 0 Å². The largest absolute Gasteiger partial charge is 0.378 e. The smallest absolute Gasteiger partial charge is 0.266 e. The van der Waals surface area contributed by atoms with Crippen LogP contribution in [0.4, 0.5) is 5.69 Å². The predicted molar refractivity (Wildman–Crippen MR) is 55.3 cm³/mol. The molecule has 0 unspecified atom stereocenters. The molecule has 0 amide bonds. The first kappa shape index (κ1) is 9.24. The molecule has 1 aromatic rings. The number of hydrogen-bond donors (Lipinski definition) is 2. The van der Waals surface area contributed by atoms with E-state index < -0.39 is 0 Å². The van der Waals surface area contributed by atoms with E-state index in [-0.39, 0.29) is 11.1 Å². The van der Waals surface area contributed by atoms with Crippen LogP contribution in [-0.2, 0) is 0 Å². The number of hydrogen-bond acceptors (Lipinski definition) is 3. The molecule has 0 atom stereocenters. The summed E-state index contributed by atoms with van der Waals surface area (Å²) >= 11 is 0. The number of aromatic amines is 1. The Hall–Kier alpha value is -1.32. The van der Waals surface area contributed by atoms with Gasteiger partial charge in [-0.15, -0.1) is 0 Å². The summed E-state index contributed by atoms with van der Waals surface area (Å²) in [7, 11) is 0. The minimum atomic E-state index is -0.165. The van der Waals surface area contributed by atoms with Crippen molar-refractivity contribution in [2.75, 3.05) is 5.32 Å². The zero-order valence-electron chi connectivity index (χ0n) is 8.50. The molecule has 0 aromatic carbocycles. The third-order valence-corrected chi connectivity index (χ3v) is 2.73. The molecular formula is C10H15N3O. The number of H-pyrrole nitrogens is 1. The van der Waals surface area contributed by atoms with E-state index >= 15 is 0 Å². The molecule has 0 spiro atoms. The van der Waals surface area contributed by atoms with E-state index in [1.807, 2.05) is 0 Å². The topological polar surface area (TPSA) is 57.8 Å². The first-order chi connectivity index (χ1) is 6.58. The molecule has 0 saturated heterocycles. The summed E-state index contributed by atoms with van der Waals surface area (Å²) in [6, 6.07) is 1.54. The van der Waals surface area contributed by atoms with Crippen molar-refractivity contribution in [3.8, 4) is 0 Å². The number of aromatic nitrogens is 2. The molecule has 1 heterocycles. The fraction of sp³-hybridized carbons (Fsp3) is 0.600. The van der Waals surface area contributed by atoms with Crippen LogP contribution in [0, 0.1) is 5.92 Å². The SMILES string of the molecule is CC(C)(Nc1cn[nH]c(=O)c1)C1CC1. The van der Waals surface area contributed by atoms with Gasteiger partial charge in [-0.2, -0.15) is 5.10 Å². The minimum absolute atomic E-state index is 0.0650. The van der Waals surface area contributed by atoms with Crippen molar-refractivity contribution in [1.29, 1.82) is 0 Å². The van der Waals surface area contributed by atoms with E-state index in [0.29, 0.717) is 0 Å². The van der Waals surface area contributed by atoms with E-state index in [1.54, 1.807) is 6.20 Å². The second-order valence-corrected chi connectivity index (χ2v) is 4.45. The third kappa shape index (κ3) is 1.95. The fourth-order valence-electron chi connectivity index (χ4n) is 1.72. The maximum atomic E-state index is 11.0. The van der Waals surface area contributed by atoms with Gasteiger partial charge in [0.25, 0.3) is 5.56 Å². The van der Waals surface area contributed by atoms with Crippen LogP contribution in [0.1, 0.15) is 26.7 Å². The van der Waals surface area contributed by atoms with Crippen LogP contribution >= 0.6 is 0 Å². The lowest BCUT2D eigenvalue weighted by molar-refractivity contribution is 0.494. The standard InChI is InChI=1S/C10H15N3O/c1-10(2,7-3-4-7)12-8-5-9(14)13-11-6-8/h5-7H,3-4H2,1-2H3,(H2,12,13,14). The Labute approximate surface area is 82.7 Å². The van der Waals surface area contributed by atoms with Crippen LogP contribution in [0.3, 0.4) is 0 Å². The first-order valence-corrected chi connectivity index (χ1v) is 4.91. The molecular weight excluding hydrogens is 178 g/mol. The molecule has 0 radical (unpaired) electrons. The van der Waals surface area contributed by atoms with Gasteiger partial charge in [0.05, 0.1) is 11.9 Å². The van der Waals surface area contributed by atoms with Crippen LogP contribution in [-0.4, -0.2) is 15.7 Å². The maximum Gasteiger partial charge on any atom is 0.266 e. The van der Waals surface area contributed by atoms with Crippen molar-refractivity contribution in [3.05, 3.63) is 22.6 Å². The predicted octanol–water partition coefficient (Wildman–Crippen LogP) is 1.37. The second-order valence-electron chi connectivity index (χ2n) is 4.45. The molecule has 1 aliphatic carbocycles. The Morgan fingerprint density at radius 1 is 1.57 bits per heavy atom. The van der Waals surface area contributed by atoms with Gasteiger partial charge in [-0.25, -0.2) is 5.10 Å². The molecule has 14 heavy (non-hydrogen) atoms. The Kier molecular flexibility index (Phi) is 2.06. The van der Waals surface area contributed by atoms with Gasteiger partial charge in [-0.3, -0.25) is 4.79 Å². The van der Waals surface area contributed by atoms with Crippen molar-refractivity contribution < 1.29 is 0 Å². The van der Waals surface area contributed by atoms with Crippen LogP contribution < -0.4 is 10.9 Å². The van der Waals surface area contributed by atoms with Crippen LogP contribution in [0.2, 0.25) is 0 Å². The number of nitrogens with one attached hydrogen (secondary N) is 2. The number of anilines is 1. The molecule has 76 valence electrons. The molecule has 2 rings (SSSR count). The van der Waals surface area contributed by atoms with Gasteiger partial charge >= 0.3 is 0 Å². The van der Waals surface area contributed by atoms with Gasteiger partial charge in [0.15, 0.2) is 0 Å². The average Bonchev–Trinajstić information content (AvgIpc) is 2.84. The van der Waals surface area contributed by atoms with Gasteiger partial charge in [0, 0.05) is 11.6 Å². The third-order valence-electron chi connectivity index (χ3n) is 2.73.